The third-order valence-corrected chi connectivity index (χ3v) is 2.38. The summed E-state index contributed by atoms with van der Waals surface area (Å²) < 4.78 is 49.5. The predicted molar refractivity (Wildman–Crippen MR) is 49.3 cm³/mol. The highest BCUT2D eigenvalue weighted by atomic mass is 79.9. The molecule has 0 N–H and O–H groups in total. The second kappa shape index (κ2) is 4.09. The largest absolute Gasteiger partial charge is 0.418 e. The van der Waals surface area contributed by atoms with Crippen molar-refractivity contribution in [3.63, 3.8) is 0 Å². The molecule has 0 aliphatic rings. The van der Waals surface area contributed by atoms with Crippen LogP contribution in [0.3, 0.4) is 0 Å². The molecule has 0 bridgehead atoms. The van der Waals surface area contributed by atoms with E-state index >= 15 is 0 Å². The minimum atomic E-state index is -4.77. The van der Waals surface area contributed by atoms with E-state index in [1.165, 1.54) is 0 Å². The van der Waals surface area contributed by atoms with E-state index < -0.39 is 32.8 Å². The summed E-state index contributed by atoms with van der Waals surface area (Å²) in [4.78, 5) is 10.7. The first-order valence-corrected chi connectivity index (χ1v) is 4.66. The Bertz CT molecular complexity index is 416. The van der Waals surface area contributed by atoms with Gasteiger partial charge >= 0.3 is 6.18 Å². The molecule has 0 amide bonds. The molecule has 82 valence electrons. The Morgan fingerprint density at radius 3 is 2.27 bits per heavy atom. The third-order valence-electron chi connectivity index (χ3n) is 1.55. The van der Waals surface area contributed by atoms with Crippen molar-refractivity contribution in [2.24, 2.45) is 0 Å². The van der Waals surface area contributed by atoms with Crippen molar-refractivity contribution >= 4 is 32.8 Å². The van der Waals surface area contributed by atoms with E-state index in [2.05, 4.69) is 15.9 Å². The highest BCUT2D eigenvalue weighted by molar-refractivity contribution is 9.10. The van der Waals surface area contributed by atoms with Gasteiger partial charge in [0.25, 0.3) is 5.24 Å². The van der Waals surface area contributed by atoms with Crippen LogP contribution in [0.25, 0.3) is 0 Å². The van der Waals surface area contributed by atoms with Gasteiger partial charge in [0.15, 0.2) is 0 Å². The van der Waals surface area contributed by atoms with Crippen LogP contribution in [-0.2, 0) is 6.18 Å². The number of carbonyl (C=O) groups is 1. The van der Waals surface area contributed by atoms with Crippen LogP contribution < -0.4 is 0 Å². The molecule has 0 heterocycles. The van der Waals surface area contributed by atoms with Gasteiger partial charge in [-0.25, -0.2) is 4.39 Å². The molecule has 0 aromatic heterocycles. The lowest BCUT2D eigenvalue weighted by Gasteiger charge is -2.12. The number of halogens is 6. The topological polar surface area (TPSA) is 17.1 Å². The lowest BCUT2D eigenvalue weighted by Crippen LogP contribution is -2.12. The molecular formula is C8H2BrClF4O. The average Bonchev–Trinajstić information content (AvgIpc) is 1.99. The molecule has 15 heavy (non-hydrogen) atoms. The van der Waals surface area contributed by atoms with Crippen LogP contribution in [0.5, 0.6) is 0 Å². The van der Waals surface area contributed by atoms with E-state index in [-0.39, 0.29) is 0 Å². The van der Waals surface area contributed by atoms with Gasteiger partial charge in [0, 0.05) is 4.47 Å². The van der Waals surface area contributed by atoms with Crippen molar-refractivity contribution in [2.75, 3.05) is 0 Å². The number of alkyl halides is 3. The molecule has 0 spiro atoms. The summed E-state index contributed by atoms with van der Waals surface area (Å²) in [5.74, 6) is -0.973. The van der Waals surface area contributed by atoms with Crippen LogP contribution in [0.1, 0.15) is 15.9 Å². The average molecular weight is 305 g/mol. The molecule has 0 unspecified atom stereocenters. The minimum absolute atomic E-state index is 0.447. The normalized spacial score (nSPS) is 11.6. The zero-order valence-corrected chi connectivity index (χ0v) is 9.17. The molecule has 0 aliphatic heterocycles. The number of hydrogen-bond acceptors (Lipinski definition) is 1. The number of benzene rings is 1. The molecule has 0 fully saturated rings. The van der Waals surface area contributed by atoms with Crippen LogP contribution in [0.15, 0.2) is 16.6 Å². The summed E-state index contributed by atoms with van der Waals surface area (Å²) in [6.45, 7) is 0. The summed E-state index contributed by atoms with van der Waals surface area (Å²) in [7, 11) is 0. The maximum atomic E-state index is 12.7. The molecule has 0 radical (unpaired) electrons. The molecule has 1 aromatic carbocycles. The fourth-order valence-corrected chi connectivity index (χ4v) is 1.82. The van der Waals surface area contributed by atoms with Crippen molar-refractivity contribution in [1.82, 2.24) is 0 Å². The first-order chi connectivity index (χ1) is 6.73. The van der Waals surface area contributed by atoms with E-state index in [0.717, 1.165) is 0 Å². The van der Waals surface area contributed by atoms with E-state index in [9.17, 15) is 22.4 Å². The van der Waals surface area contributed by atoms with Gasteiger partial charge in [-0.05, 0) is 23.7 Å². The Balaban J connectivity index is 3.55. The molecular weight excluding hydrogens is 303 g/mol. The SMILES string of the molecule is O=C(Cl)c1cc(F)cc(Br)c1C(F)(F)F. The monoisotopic (exact) mass is 304 g/mol. The second-order valence-electron chi connectivity index (χ2n) is 2.58. The maximum absolute atomic E-state index is 12.7. The Hall–Kier alpha value is -0.620. The van der Waals surface area contributed by atoms with Gasteiger partial charge in [0.05, 0.1) is 11.1 Å². The van der Waals surface area contributed by atoms with E-state index in [1.54, 1.807) is 0 Å². The molecule has 1 nitrogen and oxygen atoms in total. The molecule has 7 heteroatoms. The van der Waals surface area contributed by atoms with Crippen LogP contribution in [0.4, 0.5) is 17.6 Å². The first-order valence-electron chi connectivity index (χ1n) is 3.49. The van der Waals surface area contributed by atoms with Gasteiger partial charge in [-0.1, -0.05) is 15.9 Å². The zero-order valence-electron chi connectivity index (χ0n) is 6.83. The number of carbonyl (C=O) groups excluding carboxylic acids is 1. The number of rotatable bonds is 1. The van der Waals surface area contributed by atoms with Crippen molar-refractivity contribution < 1.29 is 22.4 Å². The lowest BCUT2D eigenvalue weighted by atomic mass is 10.1. The first kappa shape index (κ1) is 12.4. The summed E-state index contributed by atoms with van der Waals surface area (Å²) in [5.41, 5.74) is -2.18. The summed E-state index contributed by atoms with van der Waals surface area (Å²) in [6, 6.07) is 1.06. The quantitative estimate of drug-likeness (QED) is 0.566. The standard InChI is InChI=1S/C8H2BrClF4O/c9-5-2-3(11)1-4(7(10)15)6(5)8(12,13)14/h1-2H. The summed E-state index contributed by atoms with van der Waals surface area (Å²) in [5, 5.41) is -1.36. The van der Waals surface area contributed by atoms with E-state index in [0.29, 0.717) is 12.1 Å². The van der Waals surface area contributed by atoms with Crippen molar-refractivity contribution in [3.8, 4) is 0 Å². The van der Waals surface area contributed by atoms with Crippen molar-refractivity contribution in [1.29, 1.82) is 0 Å². The van der Waals surface area contributed by atoms with Gasteiger partial charge < -0.3 is 0 Å². The molecule has 0 aliphatic carbocycles. The molecule has 0 saturated carbocycles. The number of hydrogen-bond donors (Lipinski definition) is 0. The zero-order chi connectivity index (χ0) is 11.8. The smallest absolute Gasteiger partial charge is 0.276 e. The highest BCUT2D eigenvalue weighted by Crippen LogP contribution is 2.38. The lowest BCUT2D eigenvalue weighted by molar-refractivity contribution is -0.138. The maximum Gasteiger partial charge on any atom is 0.418 e. The van der Waals surface area contributed by atoms with Crippen LogP contribution >= 0.6 is 27.5 Å². The molecule has 0 atom stereocenters. The van der Waals surface area contributed by atoms with Gasteiger partial charge in [0.2, 0.25) is 0 Å². The fourth-order valence-electron chi connectivity index (χ4n) is 1.02. The Kier molecular flexibility index (Phi) is 3.40. The second-order valence-corrected chi connectivity index (χ2v) is 3.78. The van der Waals surface area contributed by atoms with Gasteiger partial charge in [0.1, 0.15) is 5.82 Å². The summed E-state index contributed by atoms with van der Waals surface area (Å²) in [6.07, 6.45) is -4.77. The van der Waals surface area contributed by atoms with Crippen molar-refractivity contribution in [2.45, 2.75) is 6.18 Å². The Morgan fingerprint density at radius 1 is 1.33 bits per heavy atom. The Morgan fingerprint density at radius 2 is 1.87 bits per heavy atom. The Labute approximate surface area is 95.2 Å². The minimum Gasteiger partial charge on any atom is -0.276 e. The van der Waals surface area contributed by atoms with Gasteiger partial charge in [-0.3, -0.25) is 4.79 Å². The van der Waals surface area contributed by atoms with Gasteiger partial charge in [-0.15, -0.1) is 0 Å². The molecule has 1 rings (SSSR count). The van der Waals surface area contributed by atoms with Crippen LogP contribution in [0.2, 0.25) is 0 Å². The third kappa shape index (κ3) is 2.69. The van der Waals surface area contributed by atoms with E-state index in [4.69, 9.17) is 11.6 Å². The van der Waals surface area contributed by atoms with Crippen LogP contribution in [-0.4, -0.2) is 5.24 Å². The van der Waals surface area contributed by atoms with Gasteiger partial charge in [-0.2, -0.15) is 13.2 Å². The molecule has 1 aromatic rings. The fraction of sp³-hybridized carbons (Fsp3) is 0.125. The predicted octanol–water partition coefficient (Wildman–Crippen LogP) is 3.99. The van der Waals surface area contributed by atoms with E-state index in [1.807, 2.05) is 0 Å². The molecule has 0 saturated heterocycles. The highest BCUT2D eigenvalue weighted by Gasteiger charge is 2.37. The van der Waals surface area contributed by atoms with Crippen molar-refractivity contribution in [3.05, 3.63) is 33.5 Å². The van der Waals surface area contributed by atoms with Crippen LogP contribution in [0, 0.1) is 5.82 Å². The summed E-state index contributed by atoms with van der Waals surface area (Å²) >= 11 is 7.46.